The molecule has 0 aliphatic carbocycles. The molecule has 6 nitrogen and oxygen atoms in total. The maximum Gasteiger partial charge on any atom is 0.255 e. The third-order valence-corrected chi connectivity index (χ3v) is 3.58. The Morgan fingerprint density at radius 1 is 1.18 bits per heavy atom. The Hall–Kier alpha value is -1.66. The van der Waals surface area contributed by atoms with Gasteiger partial charge in [0.1, 0.15) is 0 Å². The van der Waals surface area contributed by atoms with Crippen LogP contribution in [0.5, 0.6) is 17.2 Å². The van der Waals surface area contributed by atoms with Crippen LogP contribution < -0.4 is 24.8 Å². The fraction of sp³-hybridized carbons (Fsp3) is 0.533. The van der Waals surface area contributed by atoms with E-state index in [1.807, 2.05) is 0 Å². The van der Waals surface area contributed by atoms with Crippen molar-refractivity contribution in [1.82, 2.24) is 10.6 Å². The third kappa shape index (κ3) is 3.96. The van der Waals surface area contributed by atoms with Crippen molar-refractivity contribution in [1.29, 1.82) is 0 Å². The van der Waals surface area contributed by atoms with Crippen LogP contribution in [0.3, 0.4) is 0 Å². The zero-order valence-corrected chi connectivity index (χ0v) is 13.9. The number of nitrogens with one attached hydrogen (secondary N) is 2. The standard InChI is InChI=1S/C15H22N2O4.ClH/c1-19-12-7-6-11(13(20-2)14(12)21-3)15(18)17-10-5-4-8-16-9-10;/h6-7,10,16H,4-5,8-9H2,1-3H3,(H,17,18);1H/t10-;/m1./s1. The molecule has 1 saturated heterocycles. The minimum Gasteiger partial charge on any atom is -0.493 e. The van der Waals surface area contributed by atoms with E-state index >= 15 is 0 Å². The van der Waals surface area contributed by atoms with Gasteiger partial charge in [0.25, 0.3) is 5.91 Å². The summed E-state index contributed by atoms with van der Waals surface area (Å²) in [5.41, 5.74) is 0.445. The summed E-state index contributed by atoms with van der Waals surface area (Å²) in [6, 6.07) is 3.53. The Balaban J connectivity index is 0.00000242. The summed E-state index contributed by atoms with van der Waals surface area (Å²) in [7, 11) is 4.58. The molecule has 1 aliphatic rings. The Labute approximate surface area is 136 Å². The molecule has 1 aliphatic heterocycles. The van der Waals surface area contributed by atoms with Gasteiger partial charge in [0.05, 0.1) is 26.9 Å². The monoisotopic (exact) mass is 330 g/mol. The van der Waals surface area contributed by atoms with E-state index in [-0.39, 0.29) is 24.4 Å². The molecule has 124 valence electrons. The number of hydrogen-bond acceptors (Lipinski definition) is 5. The lowest BCUT2D eigenvalue weighted by molar-refractivity contribution is 0.0927. The fourth-order valence-corrected chi connectivity index (χ4v) is 2.52. The molecule has 1 aromatic rings. The van der Waals surface area contributed by atoms with Crippen molar-refractivity contribution in [3.8, 4) is 17.2 Å². The van der Waals surface area contributed by atoms with E-state index in [0.29, 0.717) is 22.8 Å². The molecule has 1 atom stereocenters. The van der Waals surface area contributed by atoms with Gasteiger partial charge in [-0.3, -0.25) is 4.79 Å². The van der Waals surface area contributed by atoms with Gasteiger partial charge in [0.15, 0.2) is 11.5 Å². The van der Waals surface area contributed by atoms with E-state index in [0.717, 1.165) is 25.9 Å². The molecule has 1 aromatic carbocycles. The number of amides is 1. The molecule has 0 bridgehead atoms. The van der Waals surface area contributed by atoms with Crippen LogP contribution in [-0.2, 0) is 0 Å². The molecule has 7 heteroatoms. The Morgan fingerprint density at radius 2 is 1.91 bits per heavy atom. The van der Waals surface area contributed by atoms with E-state index in [4.69, 9.17) is 14.2 Å². The van der Waals surface area contributed by atoms with E-state index in [2.05, 4.69) is 10.6 Å². The van der Waals surface area contributed by atoms with Crippen LogP contribution in [0.2, 0.25) is 0 Å². The first kappa shape index (κ1) is 18.4. The van der Waals surface area contributed by atoms with E-state index in [1.54, 1.807) is 19.2 Å². The Kier molecular flexibility index (Phi) is 7.27. The highest BCUT2D eigenvalue weighted by molar-refractivity contribution is 5.98. The lowest BCUT2D eigenvalue weighted by Crippen LogP contribution is -2.45. The van der Waals surface area contributed by atoms with Crippen molar-refractivity contribution in [3.05, 3.63) is 17.7 Å². The second kappa shape index (κ2) is 8.70. The normalized spacial score (nSPS) is 17.1. The van der Waals surface area contributed by atoms with Crippen LogP contribution in [-0.4, -0.2) is 46.4 Å². The average molecular weight is 331 g/mol. The highest BCUT2D eigenvalue weighted by Gasteiger charge is 2.23. The fourth-order valence-electron chi connectivity index (χ4n) is 2.52. The Bertz CT molecular complexity index is 505. The van der Waals surface area contributed by atoms with Gasteiger partial charge in [-0.15, -0.1) is 12.4 Å². The SMILES string of the molecule is COc1ccc(C(=O)N[C@@H]2CCCNC2)c(OC)c1OC.Cl. The van der Waals surface area contributed by atoms with Crippen molar-refractivity contribution < 1.29 is 19.0 Å². The largest absolute Gasteiger partial charge is 0.493 e. The smallest absolute Gasteiger partial charge is 0.255 e. The number of carbonyl (C=O) groups excluding carboxylic acids is 1. The summed E-state index contributed by atoms with van der Waals surface area (Å²) in [6.07, 6.45) is 2.04. The molecule has 1 amide bonds. The third-order valence-electron chi connectivity index (χ3n) is 3.58. The minimum atomic E-state index is -0.165. The lowest BCUT2D eigenvalue weighted by atomic mass is 10.1. The van der Waals surface area contributed by atoms with Crippen LogP contribution in [0.15, 0.2) is 12.1 Å². The zero-order chi connectivity index (χ0) is 15.2. The van der Waals surface area contributed by atoms with Gasteiger partial charge in [0, 0.05) is 12.6 Å². The predicted molar refractivity (Wildman–Crippen MR) is 86.7 cm³/mol. The van der Waals surface area contributed by atoms with Crippen LogP contribution in [0, 0.1) is 0 Å². The van der Waals surface area contributed by atoms with Crippen LogP contribution in [0.25, 0.3) is 0 Å². The molecule has 22 heavy (non-hydrogen) atoms. The van der Waals surface area contributed by atoms with Gasteiger partial charge in [-0.25, -0.2) is 0 Å². The summed E-state index contributed by atoms with van der Waals surface area (Å²) in [5, 5.41) is 6.29. The number of carbonyl (C=O) groups is 1. The van der Waals surface area contributed by atoms with Gasteiger partial charge in [-0.2, -0.15) is 0 Å². The molecule has 0 radical (unpaired) electrons. The van der Waals surface area contributed by atoms with Crippen molar-refractivity contribution in [2.75, 3.05) is 34.4 Å². The zero-order valence-electron chi connectivity index (χ0n) is 13.1. The topological polar surface area (TPSA) is 68.8 Å². The lowest BCUT2D eigenvalue weighted by Gasteiger charge is -2.24. The van der Waals surface area contributed by atoms with E-state index < -0.39 is 0 Å². The van der Waals surface area contributed by atoms with Gasteiger partial charge >= 0.3 is 0 Å². The molecule has 1 fully saturated rings. The van der Waals surface area contributed by atoms with E-state index in [9.17, 15) is 4.79 Å². The first-order valence-corrected chi connectivity index (χ1v) is 7.01. The van der Waals surface area contributed by atoms with Crippen molar-refractivity contribution >= 4 is 18.3 Å². The highest BCUT2D eigenvalue weighted by atomic mass is 35.5. The molecule has 0 aromatic heterocycles. The number of methoxy groups -OCH3 is 3. The summed E-state index contributed by atoms with van der Waals surface area (Å²) < 4.78 is 15.9. The summed E-state index contributed by atoms with van der Waals surface area (Å²) in [6.45, 7) is 1.80. The predicted octanol–water partition coefficient (Wildman–Crippen LogP) is 1.62. The quantitative estimate of drug-likeness (QED) is 0.858. The minimum absolute atomic E-state index is 0. The second-order valence-electron chi connectivity index (χ2n) is 4.90. The maximum absolute atomic E-state index is 12.4. The first-order chi connectivity index (χ1) is 10.2. The van der Waals surface area contributed by atoms with Gasteiger partial charge < -0.3 is 24.8 Å². The number of piperidine rings is 1. The number of rotatable bonds is 5. The molecule has 0 saturated carbocycles. The van der Waals surface area contributed by atoms with Gasteiger partial charge in [-0.1, -0.05) is 0 Å². The van der Waals surface area contributed by atoms with Crippen LogP contribution in [0.4, 0.5) is 0 Å². The molecule has 2 rings (SSSR count). The first-order valence-electron chi connectivity index (χ1n) is 7.01. The summed E-state index contributed by atoms with van der Waals surface area (Å²) in [4.78, 5) is 12.4. The van der Waals surface area contributed by atoms with E-state index in [1.165, 1.54) is 14.2 Å². The molecule has 1 heterocycles. The summed E-state index contributed by atoms with van der Waals surface area (Å²) in [5.74, 6) is 1.18. The Morgan fingerprint density at radius 3 is 2.45 bits per heavy atom. The van der Waals surface area contributed by atoms with Crippen molar-refractivity contribution in [3.63, 3.8) is 0 Å². The molecule has 0 unspecified atom stereocenters. The number of hydrogen-bond donors (Lipinski definition) is 2. The highest BCUT2D eigenvalue weighted by Crippen LogP contribution is 2.39. The summed E-state index contributed by atoms with van der Waals surface area (Å²) >= 11 is 0. The van der Waals surface area contributed by atoms with Crippen LogP contribution >= 0.6 is 12.4 Å². The number of benzene rings is 1. The molecule has 0 spiro atoms. The maximum atomic E-state index is 12.4. The average Bonchev–Trinajstić information content (AvgIpc) is 2.53. The van der Waals surface area contributed by atoms with Crippen molar-refractivity contribution in [2.45, 2.75) is 18.9 Å². The second-order valence-corrected chi connectivity index (χ2v) is 4.90. The number of halogens is 1. The molecule has 2 N–H and O–H groups in total. The molecular formula is C15H23ClN2O4. The van der Waals surface area contributed by atoms with Crippen molar-refractivity contribution in [2.24, 2.45) is 0 Å². The van der Waals surface area contributed by atoms with Gasteiger partial charge in [0.2, 0.25) is 5.75 Å². The molecular weight excluding hydrogens is 308 g/mol. The van der Waals surface area contributed by atoms with Gasteiger partial charge in [-0.05, 0) is 31.5 Å². The number of ether oxygens (including phenoxy) is 3. The van der Waals surface area contributed by atoms with Crippen LogP contribution in [0.1, 0.15) is 23.2 Å².